The zero-order chi connectivity index (χ0) is 22.3. The van der Waals surface area contributed by atoms with Gasteiger partial charge in [0.05, 0.1) is 0 Å². The molecule has 5 heteroatoms. The number of hydrogen-bond donors (Lipinski definition) is 2. The van der Waals surface area contributed by atoms with Crippen LogP contribution in [0.3, 0.4) is 0 Å². The number of nitrogens with one attached hydrogen (secondary N) is 1. The van der Waals surface area contributed by atoms with Crippen LogP contribution >= 0.6 is 11.8 Å². The molecule has 0 aliphatic rings. The molecule has 4 rings (SSSR count). The third-order valence-corrected chi connectivity index (χ3v) is 6.38. The van der Waals surface area contributed by atoms with E-state index in [-0.39, 0.29) is 5.91 Å². The van der Waals surface area contributed by atoms with E-state index in [2.05, 4.69) is 23.5 Å². The zero-order valence-electron chi connectivity index (χ0n) is 17.4. The van der Waals surface area contributed by atoms with Crippen molar-refractivity contribution in [1.29, 1.82) is 0 Å². The maximum Gasteiger partial charge on any atom is 0.326 e. The van der Waals surface area contributed by atoms with Crippen LogP contribution in [0.15, 0.2) is 102 Å². The molecule has 4 aromatic rings. The minimum absolute atomic E-state index is 0.322. The van der Waals surface area contributed by atoms with Crippen molar-refractivity contribution in [3.05, 3.63) is 103 Å². The molecule has 4 nitrogen and oxygen atoms in total. The highest BCUT2D eigenvalue weighted by atomic mass is 32.2. The second kappa shape index (κ2) is 10.2. The SMILES string of the molecule is O=C(N[C@@H](CCSc1cccc2ccccc12)C(=O)O)c1ccccc1-c1ccccc1. The third-order valence-electron chi connectivity index (χ3n) is 5.27. The first-order chi connectivity index (χ1) is 15.6. The highest BCUT2D eigenvalue weighted by molar-refractivity contribution is 7.99. The van der Waals surface area contributed by atoms with E-state index in [1.165, 1.54) is 0 Å². The number of thioether (sulfide) groups is 1. The summed E-state index contributed by atoms with van der Waals surface area (Å²) < 4.78 is 0. The fraction of sp³-hybridized carbons (Fsp3) is 0.111. The lowest BCUT2D eigenvalue weighted by Gasteiger charge is -2.16. The quantitative estimate of drug-likeness (QED) is 0.336. The molecule has 1 amide bonds. The molecule has 0 aromatic heterocycles. The highest BCUT2D eigenvalue weighted by Gasteiger charge is 2.22. The van der Waals surface area contributed by atoms with Crippen LogP contribution in [-0.2, 0) is 4.79 Å². The first kappa shape index (κ1) is 21.7. The zero-order valence-corrected chi connectivity index (χ0v) is 18.2. The minimum atomic E-state index is -1.03. The monoisotopic (exact) mass is 441 g/mol. The second-order valence-electron chi connectivity index (χ2n) is 7.39. The molecule has 0 unspecified atom stereocenters. The summed E-state index contributed by atoms with van der Waals surface area (Å²) in [5.74, 6) is -0.841. The number of carboxylic acid groups (broad SMARTS) is 1. The summed E-state index contributed by atoms with van der Waals surface area (Å²) in [7, 11) is 0. The van der Waals surface area contributed by atoms with Crippen LogP contribution in [0.5, 0.6) is 0 Å². The Labute approximate surface area is 191 Å². The average molecular weight is 442 g/mol. The fourth-order valence-corrected chi connectivity index (χ4v) is 4.74. The van der Waals surface area contributed by atoms with Gasteiger partial charge in [-0.3, -0.25) is 4.79 Å². The Bertz CT molecular complexity index is 1230. The minimum Gasteiger partial charge on any atom is -0.480 e. The first-order valence-electron chi connectivity index (χ1n) is 10.4. The fourth-order valence-electron chi connectivity index (χ4n) is 3.65. The summed E-state index contributed by atoms with van der Waals surface area (Å²) in [4.78, 5) is 25.9. The van der Waals surface area contributed by atoms with Crippen LogP contribution in [0, 0.1) is 0 Å². The molecule has 0 aliphatic heterocycles. The number of rotatable bonds is 8. The largest absolute Gasteiger partial charge is 0.480 e. The highest BCUT2D eigenvalue weighted by Crippen LogP contribution is 2.28. The molecule has 1 atom stereocenters. The smallest absolute Gasteiger partial charge is 0.326 e. The van der Waals surface area contributed by atoms with Crippen LogP contribution in [0.4, 0.5) is 0 Å². The molecule has 0 saturated heterocycles. The summed E-state index contributed by atoms with van der Waals surface area (Å²) in [5, 5.41) is 14.7. The third kappa shape index (κ3) is 5.01. The Kier molecular flexibility index (Phi) is 6.87. The Morgan fingerprint density at radius 3 is 2.31 bits per heavy atom. The van der Waals surface area contributed by atoms with E-state index in [4.69, 9.17) is 0 Å². The van der Waals surface area contributed by atoms with Gasteiger partial charge in [-0.2, -0.15) is 0 Å². The second-order valence-corrected chi connectivity index (χ2v) is 8.53. The predicted molar refractivity (Wildman–Crippen MR) is 130 cm³/mol. The lowest BCUT2D eigenvalue weighted by atomic mass is 9.99. The number of carbonyl (C=O) groups excluding carboxylic acids is 1. The Morgan fingerprint density at radius 2 is 1.50 bits per heavy atom. The molecular formula is C27H23NO3S. The molecule has 32 heavy (non-hydrogen) atoms. The van der Waals surface area contributed by atoms with Crippen molar-refractivity contribution < 1.29 is 14.7 Å². The van der Waals surface area contributed by atoms with E-state index in [9.17, 15) is 14.7 Å². The van der Waals surface area contributed by atoms with Crippen LogP contribution in [0.1, 0.15) is 16.8 Å². The Hall–Kier alpha value is -3.57. The van der Waals surface area contributed by atoms with Crippen molar-refractivity contribution in [1.82, 2.24) is 5.32 Å². The van der Waals surface area contributed by atoms with Gasteiger partial charge in [0.15, 0.2) is 0 Å². The molecule has 0 spiro atoms. The maximum absolute atomic E-state index is 13.0. The molecule has 160 valence electrons. The molecule has 2 N–H and O–H groups in total. The van der Waals surface area contributed by atoms with Crippen LogP contribution in [0.25, 0.3) is 21.9 Å². The summed E-state index contributed by atoms with van der Waals surface area (Å²) in [6.07, 6.45) is 0.322. The molecule has 4 aromatic carbocycles. The van der Waals surface area contributed by atoms with Gasteiger partial charge in [0.1, 0.15) is 6.04 Å². The van der Waals surface area contributed by atoms with E-state index >= 15 is 0 Å². The molecule has 0 fully saturated rings. The van der Waals surface area contributed by atoms with Gasteiger partial charge in [0.2, 0.25) is 0 Å². The van der Waals surface area contributed by atoms with E-state index in [1.807, 2.05) is 66.7 Å². The van der Waals surface area contributed by atoms with Gasteiger partial charge in [0, 0.05) is 16.2 Å². The number of amides is 1. The standard InChI is InChI=1S/C27H23NO3S/c29-26(23-15-7-6-13-21(23)19-9-2-1-3-10-19)28-24(27(30)31)17-18-32-25-16-8-12-20-11-4-5-14-22(20)25/h1-16,24H,17-18H2,(H,28,29)(H,30,31)/t24-/m0/s1. The predicted octanol–water partition coefficient (Wildman–Crippen LogP) is 5.87. The van der Waals surface area contributed by atoms with Crippen molar-refractivity contribution in [2.45, 2.75) is 17.4 Å². The molecule has 0 radical (unpaired) electrons. The van der Waals surface area contributed by atoms with E-state index in [0.29, 0.717) is 17.7 Å². The normalized spacial score (nSPS) is 11.8. The van der Waals surface area contributed by atoms with Gasteiger partial charge in [-0.1, -0.05) is 84.9 Å². The lowest BCUT2D eigenvalue weighted by Crippen LogP contribution is -2.41. The molecule has 0 bridgehead atoms. The number of fused-ring (bicyclic) bond motifs is 1. The number of hydrogen-bond acceptors (Lipinski definition) is 3. The maximum atomic E-state index is 13.0. The number of carbonyl (C=O) groups is 2. The summed E-state index contributed by atoms with van der Waals surface area (Å²) >= 11 is 1.60. The van der Waals surface area contributed by atoms with Gasteiger partial charge in [0.25, 0.3) is 5.91 Å². The molecule has 0 aliphatic carbocycles. The number of benzene rings is 4. The summed E-state index contributed by atoms with van der Waals surface area (Å²) in [6.45, 7) is 0. The lowest BCUT2D eigenvalue weighted by molar-refractivity contribution is -0.139. The molecule has 0 heterocycles. The van der Waals surface area contributed by atoms with Gasteiger partial charge in [-0.25, -0.2) is 4.79 Å². The van der Waals surface area contributed by atoms with Gasteiger partial charge >= 0.3 is 5.97 Å². The number of aliphatic carboxylic acids is 1. The van der Waals surface area contributed by atoms with Crippen molar-refractivity contribution in [2.75, 3.05) is 5.75 Å². The molecule has 0 saturated carbocycles. The van der Waals surface area contributed by atoms with E-state index in [0.717, 1.165) is 26.8 Å². The van der Waals surface area contributed by atoms with E-state index in [1.54, 1.807) is 23.9 Å². The summed E-state index contributed by atoms with van der Waals surface area (Å²) in [5.41, 5.74) is 2.16. The number of carboxylic acids is 1. The van der Waals surface area contributed by atoms with Crippen LogP contribution in [0.2, 0.25) is 0 Å². The topological polar surface area (TPSA) is 66.4 Å². The van der Waals surface area contributed by atoms with Gasteiger partial charge < -0.3 is 10.4 Å². The van der Waals surface area contributed by atoms with E-state index < -0.39 is 12.0 Å². The van der Waals surface area contributed by atoms with Crippen molar-refractivity contribution in [3.63, 3.8) is 0 Å². The molecular weight excluding hydrogens is 418 g/mol. The first-order valence-corrected chi connectivity index (χ1v) is 11.4. The Balaban J connectivity index is 1.45. The van der Waals surface area contributed by atoms with Crippen molar-refractivity contribution in [2.24, 2.45) is 0 Å². The van der Waals surface area contributed by atoms with Crippen LogP contribution in [-0.4, -0.2) is 28.8 Å². The Morgan fingerprint density at radius 1 is 0.812 bits per heavy atom. The van der Waals surface area contributed by atoms with Crippen molar-refractivity contribution >= 4 is 34.4 Å². The summed E-state index contributed by atoms with van der Waals surface area (Å²) in [6, 6.07) is 30.1. The van der Waals surface area contributed by atoms with Gasteiger partial charge in [-0.15, -0.1) is 11.8 Å². The van der Waals surface area contributed by atoms with Crippen molar-refractivity contribution in [3.8, 4) is 11.1 Å². The average Bonchev–Trinajstić information content (AvgIpc) is 2.84. The van der Waals surface area contributed by atoms with Crippen LogP contribution < -0.4 is 5.32 Å². The van der Waals surface area contributed by atoms with Gasteiger partial charge in [-0.05, 0) is 40.5 Å².